The molecule has 0 aromatic heterocycles. The third kappa shape index (κ3) is 4.54. The summed E-state index contributed by atoms with van der Waals surface area (Å²) < 4.78 is 13.4. The Bertz CT molecular complexity index is 317. The lowest BCUT2D eigenvalue weighted by molar-refractivity contribution is 0.528. The first-order valence-electron chi connectivity index (χ1n) is 5.63. The van der Waals surface area contributed by atoms with E-state index in [1.54, 1.807) is 6.07 Å². The Morgan fingerprint density at radius 3 is 2.62 bits per heavy atom. The quantitative estimate of drug-likeness (QED) is 0.821. The largest absolute Gasteiger partial charge is 0.313 e. The third-order valence-corrected chi connectivity index (χ3v) is 3.61. The lowest BCUT2D eigenvalue weighted by Crippen LogP contribution is -2.33. The van der Waals surface area contributed by atoms with Gasteiger partial charge >= 0.3 is 0 Å². The van der Waals surface area contributed by atoms with Crippen LogP contribution in [0.5, 0.6) is 0 Å². The molecule has 16 heavy (non-hydrogen) atoms. The maximum absolute atomic E-state index is 13.4. The second kappa shape index (κ2) is 6.92. The first kappa shape index (κ1) is 13.5. The average molecular weight is 241 g/mol. The molecule has 0 aliphatic carbocycles. The van der Waals surface area contributed by atoms with Gasteiger partial charge in [0, 0.05) is 17.8 Å². The number of hydrogen-bond acceptors (Lipinski definition) is 2. The second-order valence-electron chi connectivity index (χ2n) is 4.15. The van der Waals surface area contributed by atoms with Crippen molar-refractivity contribution in [2.45, 2.75) is 31.6 Å². The standard InChI is InChI=1S/C13H20FNS/c1-10(15-9-11(2)16-3)8-12-6-4-5-7-13(12)14/h4-7,10-11,15H,8-9H2,1-3H3. The number of halogens is 1. The fourth-order valence-electron chi connectivity index (χ4n) is 1.52. The zero-order valence-corrected chi connectivity index (χ0v) is 11.0. The lowest BCUT2D eigenvalue weighted by Gasteiger charge is -2.16. The second-order valence-corrected chi connectivity index (χ2v) is 5.43. The predicted octanol–water partition coefficient (Wildman–Crippen LogP) is 3.10. The zero-order chi connectivity index (χ0) is 12.0. The molecular weight excluding hydrogens is 221 g/mol. The molecule has 1 nitrogen and oxygen atoms in total. The zero-order valence-electron chi connectivity index (χ0n) is 10.2. The van der Waals surface area contributed by atoms with E-state index in [0.29, 0.717) is 11.3 Å². The summed E-state index contributed by atoms with van der Waals surface area (Å²) in [5, 5.41) is 4.02. The molecule has 1 N–H and O–H groups in total. The van der Waals surface area contributed by atoms with Crippen molar-refractivity contribution >= 4 is 11.8 Å². The van der Waals surface area contributed by atoms with Crippen LogP contribution < -0.4 is 5.32 Å². The van der Waals surface area contributed by atoms with Crippen LogP contribution in [-0.4, -0.2) is 24.1 Å². The highest BCUT2D eigenvalue weighted by Crippen LogP contribution is 2.09. The summed E-state index contributed by atoms with van der Waals surface area (Å²) in [6.07, 6.45) is 2.85. The van der Waals surface area contributed by atoms with E-state index in [9.17, 15) is 4.39 Å². The summed E-state index contributed by atoms with van der Waals surface area (Å²) in [7, 11) is 0. The summed E-state index contributed by atoms with van der Waals surface area (Å²) in [5.74, 6) is -0.103. The SMILES string of the molecule is CSC(C)CNC(C)Cc1ccccc1F. The molecule has 1 aromatic carbocycles. The molecule has 0 bridgehead atoms. The summed E-state index contributed by atoms with van der Waals surface area (Å²) in [6.45, 7) is 5.25. The van der Waals surface area contributed by atoms with Crippen LogP contribution in [0.15, 0.2) is 24.3 Å². The number of thioether (sulfide) groups is 1. The van der Waals surface area contributed by atoms with Crippen LogP contribution >= 0.6 is 11.8 Å². The fraction of sp³-hybridized carbons (Fsp3) is 0.538. The van der Waals surface area contributed by atoms with Gasteiger partial charge in [0.05, 0.1) is 0 Å². The molecule has 3 heteroatoms. The molecule has 0 saturated heterocycles. The number of rotatable bonds is 6. The van der Waals surface area contributed by atoms with Crippen LogP contribution in [0.1, 0.15) is 19.4 Å². The van der Waals surface area contributed by atoms with Crippen LogP contribution in [0.4, 0.5) is 4.39 Å². The Hall–Kier alpha value is -0.540. The number of hydrogen-bond donors (Lipinski definition) is 1. The highest BCUT2D eigenvalue weighted by molar-refractivity contribution is 7.99. The molecule has 1 aromatic rings. The predicted molar refractivity (Wildman–Crippen MR) is 70.5 cm³/mol. The Morgan fingerprint density at radius 2 is 2.00 bits per heavy atom. The highest BCUT2D eigenvalue weighted by atomic mass is 32.2. The van der Waals surface area contributed by atoms with E-state index in [-0.39, 0.29) is 5.82 Å². The van der Waals surface area contributed by atoms with Crippen molar-refractivity contribution in [1.82, 2.24) is 5.32 Å². The molecule has 0 radical (unpaired) electrons. The van der Waals surface area contributed by atoms with Gasteiger partial charge in [0.15, 0.2) is 0 Å². The maximum Gasteiger partial charge on any atom is 0.126 e. The molecule has 0 aliphatic rings. The van der Waals surface area contributed by atoms with Crippen molar-refractivity contribution in [2.75, 3.05) is 12.8 Å². The van der Waals surface area contributed by atoms with Crippen molar-refractivity contribution in [3.05, 3.63) is 35.6 Å². The van der Waals surface area contributed by atoms with Crippen molar-refractivity contribution < 1.29 is 4.39 Å². The van der Waals surface area contributed by atoms with Crippen LogP contribution in [0.25, 0.3) is 0 Å². The smallest absolute Gasteiger partial charge is 0.126 e. The van der Waals surface area contributed by atoms with Gasteiger partial charge in [-0.25, -0.2) is 4.39 Å². The minimum Gasteiger partial charge on any atom is -0.313 e. The van der Waals surface area contributed by atoms with Crippen LogP contribution in [-0.2, 0) is 6.42 Å². The highest BCUT2D eigenvalue weighted by Gasteiger charge is 2.08. The van der Waals surface area contributed by atoms with Gasteiger partial charge in [0.2, 0.25) is 0 Å². The van der Waals surface area contributed by atoms with Gasteiger partial charge in [-0.2, -0.15) is 11.8 Å². The molecule has 1 rings (SSSR count). The van der Waals surface area contributed by atoms with Gasteiger partial charge in [0.1, 0.15) is 5.82 Å². The Labute approximate surface area is 102 Å². The fourth-order valence-corrected chi connectivity index (χ4v) is 1.78. The van der Waals surface area contributed by atoms with Gasteiger partial charge in [-0.1, -0.05) is 25.1 Å². The minimum atomic E-state index is -0.103. The number of nitrogens with one attached hydrogen (secondary N) is 1. The minimum absolute atomic E-state index is 0.103. The van der Waals surface area contributed by atoms with Crippen molar-refractivity contribution in [1.29, 1.82) is 0 Å². The van der Waals surface area contributed by atoms with Gasteiger partial charge in [-0.15, -0.1) is 0 Å². The third-order valence-electron chi connectivity index (χ3n) is 2.64. The van der Waals surface area contributed by atoms with E-state index in [0.717, 1.165) is 18.5 Å². The topological polar surface area (TPSA) is 12.0 Å². The van der Waals surface area contributed by atoms with E-state index in [1.165, 1.54) is 6.07 Å². The van der Waals surface area contributed by atoms with Gasteiger partial charge in [0.25, 0.3) is 0 Å². The molecule has 0 spiro atoms. The lowest BCUT2D eigenvalue weighted by atomic mass is 10.1. The maximum atomic E-state index is 13.4. The normalized spacial score (nSPS) is 14.8. The number of benzene rings is 1. The van der Waals surface area contributed by atoms with Gasteiger partial charge < -0.3 is 5.32 Å². The molecule has 0 amide bonds. The van der Waals surface area contributed by atoms with Crippen LogP contribution in [0, 0.1) is 5.82 Å². The van der Waals surface area contributed by atoms with Crippen LogP contribution in [0.2, 0.25) is 0 Å². The summed E-state index contributed by atoms with van der Waals surface area (Å²) in [5.41, 5.74) is 0.791. The van der Waals surface area contributed by atoms with Crippen molar-refractivity contribution in [2.24, 2.45) is 0 Å². The van der Waals surface area contributed by atoms with Crippen molar-refractivity contribution in [3.63, 3.8) is 0 Å². The molecule has 0 aliphatic heterocycles. The molecule has 0 fully saturated rings. The Morgan fingerprint density at radius 1 is 1.31 bits per heavy atom. The van der Waals surface area contributed by atoms with E-state index < -0.39 is 0 Å². The molecule has 2 atom stereocenters. The Balaban J connectivity index is 2.40. The van der Waals surface area contributed by atoms with E-state index in [4.69, 9.17) is 0 Å². The van der Waals surface area contributed by atoms with Crippen molar-refractivity contribution in [3.8, 4) is 0 Å². The molecule has 0 heterocycles. The molecule has 0 saturated carbocycles. The van der Waals surface area contributed by atoms with E-state index in [2.05, 4.69) is 25.4 Å². The summed E-state index contributed by atoms with van der Waals surface area (Å²) in [6, 6.07) is 7.30. The molecule has 90 valence electrons. The first-order valence-corrected chi connectivity index (χ1v) is 6.92. The monoisotopic (exact) mass is 241 g/mol. The average Bonchev–Trinajstić information content (AvgIpc) is 2.29. The van der Waals surface area contributed by atoms with Crippen LogP contribution in [0.3, 0.4) is 0 Å². The summed E-state index contributed by atoms with van der Waals surface area (Å²) >= 11 is 1.84. The van der Waals surface area contributed by atoms with Gasteiger partial charge in [-0.05, 0) is 31.2 Å². The van der Waals surface area contributed by atoms with Gasteiger partial charge in [-0.3, -0.25) is 0 Å². The van der Waals surface area contributed by atoms with E-state index >= 15 is 0 Å². The molecular formula is C13H20FNS. The Kier molecular flexibility index (Phi) is 5.85. The summed E-state index contributed by atoms with van der Waals surface area (Å²) in [4.78, 5) is 0. The van der Waals surface area contributed by atoms with E-state index in [1.807, 2.05) is 23.9 Å². The molecule has 2 unspecified atom stereocenters. The first-order chi connectivity index (χ1) is 7.63.